The lowest BCUT2D eigenvalue weighted by Gasteiger charge is -2.21. The van der Waals surface area contributed by atoms with Crippen molar-refractivity contribution in [1.29, 1.82) is 0 Å². The highest BCUT2D eigenvalue weighted by atomic mass is 35.5. The summed E-state index contributed by atoms with van der Waals surface area (Å²) >= 11 is 6.12. The van der Waals surface area contributed by atoms with Crippen LogP contribution in [0.15, 0.2) is 36.4 Å². The van der Waals surface area contributed by atoms with Gasteiger partial charge in [0.2, 0.25) is 0 Å². The average molecular weight is 259 g/mol. The molecule has 0 amide bonds. The van der Waals surface area contributed by atoms with E-state index in [0.717, 1.165) is 13.1 Å². The molecule has 0 radical (unpaired) electrons. The molecule has 0 fully saturated rings. The van der Waals surface area contributed by atoms with Crippen molar-refractivity contribution in [2.75, 3.05) is 10.6 Å². The van der Waals surface area contributed by atoms with Gasteiger partial charge in [0.15, 0.2) is 0 Å². The minimum atomic E-state index is 0.631. The van der Waals surface area contributed by atoms with Crippen LogP contribution in [-0.4, -0.2) is 0 Å². The molecule has 2 aromatic rings. The van der Waals surface area contributed by atoms with Gasteiger partial charge in [-0.2, -0.15) is 0 Å². The van der Waals surface area contributed by atoms with Crippen LogP contribution in [0.4, 0.5) is 11.4 Å². The van der Waals surface area contributed by atoms with Gasteiger partial charge in [0, 0.05) is 18.8 Å². The summed E-state index contributed by atoms with van der Waals surface area (Å²) in [6.07, 6.45) is 0. The zero-order chi connectivity index (χ0) is 12.7. The first-order valence-electron chi connectivity index (χ1n) is 6.02. The maximum atomic E-state index is 6.12. The highest BCUT2D eigenvalue weighted by molar-refractivity contribution is 6.33. The molecule has 0 saturated heterocycles. The molecule has 3 heteroatoms. The van der Waals surface area contributed by atoms with Crippen molar-refractivity contribution >= 4 is 23.0 Å². The van der Waals surface area contributed by atoms with Gasteiger partial charge in [-0.25, -0.2) is 0 Å². The third kappa shape index (κ3) is 1.83. The summed E-state index contributed by atoms with van der Waals surface area (Å²) in [5, 5.41) is 0.631. The smallest absolute Gasteiger partial charge is 0.0656 e. The summed E-state index contributed by atoms with van der Waals surface area (Å²) in [6.45, 7) is 3.96. The van der Waals surface area contributed by atoms with Gasteiger partial charge in [0.05, 0.1) is 10.7 Å². The van der Waals surface area contributed by atoms with E-state index in [-0.39, 0.29) is 0 Å². The van der Waals surface area contributed by atoms with Crippen LogP contribution in [-0.2, 0) is 13.1 Å². The summed E-state index contributed by atoms with van der Waals surface area (Å²) in [4.78, 5) is 2.34. The second kappa shape index (κ2) is 4.21. The normalized spacial score (nSPS) is 13.8. The molecule has 92 valence electrons. The Morgan fingerprint density at radius 2 is 1.72 bits per heavy atom. The maximum Gasteiger partial charge on any atom is 0.0656 e. The molecule has 1 heterocycles. The summed E-state index contributed by atoms with van der Waals surface area (Å²) < 4.78 is 0. The zero-order valence-corrected chi connectivity index (χ0v) is 11.0. The molecule has 0 aliphatic carbocycles. The number of nitrogens with zero attached hydrogens (tertiary/aromatic N) is 1. The maximum absolute atomic E-state index is 6.12. The number of nitrogens with two attached hydrogens (primary N) is 1. The van der Waals surface area contributed by atoms with Crippen molar-refractivity contribution in [2.45, 2.75) is 20.0 Å². The zero-order valence-electron chi connectivity index (χ0n) is 10.3. The van der Waals surface area contributed by atoms with Crippen LogP contribution in [0, 0.1) is 6.92 Å². The van der Waals surface area contributed by atoms with Gasteiger partial charge in [-0.3, -0.25) is 0 Å². The number of rotatable bonds is 1. The van der Waals surface area contributed by atoms with Crippen molar-refractivity contribution in [2.24, 2.45) is 0 Å². The Morgan fingerprint density at radius 1 is 1.11 bits per heavy atom. The van der Waals surface area contributed by atoms with Crippen LogP contribution in [0.3, 0.4) is 0 Å². The first kappa shape index (κ1) is 11.4. The Hall–Kier alpha value is -1.67. The summed E-state index contributed by atoms with van der Waals surface area (Å²) in [7, 11) is 0. The predicted molar refractivity (Wildman–Crippen MR) is 76.9 cm³/mol. The van der Waals surface area contributed by atoms with E-state index < -0.39 is 0 Å². The molecule has 0 spiro atoms. The average Bonchev–Trinajstić information content (AvgIpc) is 2.77. The van der Waals surface area contributed by atoms with E-state index in [2.05, 4.69) is 36.1 Å². The van der Waals surface area contributed by atoms with Gasteiger partial charge in [0.25, 0.3) is 0 Å². The molecule has 2 aromatic carbocycles. The molecule has 1 aliphatic heterocycles. The molecule has 0 saturated carbocycles. The number of fused-ring (bicyclic) bond motifs is 1. The van der Waals surface area contributed by atoms with Gasteiger partial charge in [-0.1, -0.05) is 35.9 Å². The number of hydrogen-bond donors (Lipinski definition) is 1. The van der Waals surface area contributed by atoms with Crippen LogP contribution in [0.2, 0.25) is 5.02 Å². The van der Waals surface area contributed by atoms with E-state index in [1.54, 1.807) is 0 Å². The molecule has 2 N–H and O–H groups in total. The fraction of sp³-hybridized carbons (Fsp3) is 0.200. The molecule has 1 aliphatic rings. The molecule has 3 rings (SSSR count). The second-order valence-corrected chi connectivity index (χ2v) is 5.19. The molecule has 0 aromatic heterocycles. The van der Waals surface area contributed by atoms with Crippen molar-refractivity contribution < 1.29 is 0 Å². The van der Waals surface area contributed by atoms with Crippen molar-refractivity contribution in [3.8, 4) is 0 Å². The SMILES string of the molecule is Cc1cc(N)c(Cl)cc1N1Cc2ccccc2C1. The van der Waals surface area contributed by atoms with E-state index >= 15 is 0 Å². The minimum absolute atomic E-state index is 0.631. The Balaban J connectivity index is 1.97. The molecule has 0 atom stereocenters. The van der Waals surface area contributed by atoms with Gasteiger partial charge in [-0.15, -0.1) is 0 Å². The Bertz CT molecular complexity index is 582. The summed E-state index contributed by atoms with van der Waals surface area (Å²) in [5.74, 6) is 0. The molecular formula is C15H15ClN2. The summed E-state index contributed by atoms with van der Waals surface area (Å²) in [5.41, 5.74) is 11.6. The van der Waals surface area contributed by atoms with E-state index in [1.807, 2.05) is 12.1 Å². The summed E-state index contributed by atoms with van der Waals surface area (Å²) in [6, 6.07) is 12.5. The highest BCUT2D eigenvalue weighted by Crippen LogP contribution is 2.34. The van der Waals surface area contributed by atoms with Crippen LogP contribution in [0.1, 0.15) is 16.7 Å². The number of hydrogen-bond acceptors (Lipinski definition) is 2. The topological polar surface area (TPSA) is 29.3 Å². The van der Waals surface area contributed by atoms with Gasteiger partial charge in [-0.05, 0) is 35.7 Å². The standard InChI is InChI=1S/C15H15ClN2/c1-10-6-14(17)13(16)7-15(10)18-8-11-4-2-3-5-12(11)9-18/h2-7H,8-9,17H2,1H3. The van der Waals surface area contributed by atoms with E-state index in [4.69, 9.17) is 17.3 Å². The first-order chi connectivity index (χ1) is 8.65. The molecule has 18 heavy (non-hydrogen) atoms. The van der Waals surface area contributed by atoms with Crippen molar-refractivity contribution in [3.05, 3.63) is 58.1 Å². The minimum Gasteiger partial charge on any atom is -0.398 e. The quantitative estimate of drug-likeness (QED) is 0.790. The Morgan fingerprint density at radius 3 is 2.33 bits per heavy atom. The fourth-order valence-electron chi connectivity index (χ4n) is 2.54. The monoisotopic (exact) mass is 258 g/mol. The van der Waals surface area contributed by atoms with Crippen LogP contribution >= 0.6 is 11.6 Å². The molecule has 2 nitrogen and oxygen atoms in total. The third-order valence-electron chi connectivity index (χ3n) is 3.50. The lowest BCUT2D eigenvalue weighted by molar-refractivity contribution is 0.875. The number of nitrogen functional groups attached to an aromatic ring is 1. The van der Waals surface area contributed by atoms with Gasteiger partial charge < -0.3 is 10.6 Å². The molecule has 0 bridgehead atoms. The number of halogens is 1. The number of aryl methyl sites for hydroxylation is 1. The van der Waals surface area contributed by atoms with Crippen molar-refractivity contribution in [1.82, 2.24) is 0 Å². The van der Waals surface area contributed by atoms with Crippen LogP contribution < -0.4 is 10.6 Å². The highest BCUT2D eigenvalue weighted by Gasteiger charge is 2.20. The van der Waals surface area contributed by atoms with Gasteiger partial charge >= 0.3 is 0 Å². The largest absolute Gasteiger partial charge is 0.398 e. The Labute approximate surface area is 112 Å². The van der Waals surface area contributed by atoms with Crippen LogP contribution in [0.25, 0.3) is 0 Å². The van der Waals surface area contributed by atoms with E-state index in [9.17, 15) is 0 Å². The first-order valence-corrected chi connectivity index (χ1v) is 6.40. The van der Waals surface area contributed by atoms with Gasteiger partial charge in [0.1, 0.15) is 0 Å². The van der Waals surface area contributed by atoms with Crippen LogP contribution in [0.5, 0.6) is 0 Å². The molecular weight excluding hydrogens is 244 g/mol. The lowest BCUT2D eigenvalue weighted by Crippen LogP contribution is -2.15. The Kier molecular flexibility index (Phi) is 2.67. The van der Waals surface area contributed by atoms with E-state index in [0.29, 0.717) is 10.7 Å². The van der Waals surface area contributed by atoms with Crippen molar-refractivity contribution in [3.63, 3.8) is 0 Å². The molecule has 0 unspecified atom stereocenters. The number of anilines is 2. The second-order valence-electron chi connectivity index (χ2n) is 4.78. The predicted octanol–water partition coefficient (Wildman–Crippen LogP) is 3.75. The fourth-order valence-corrected chi connectivity index (χ4v) is 2.70. The lowest BCUT2D eigenvalue weighted by atomic mass is 10.1. The third-order valence-corrected chi connectivity index (χ3v) is 3.82. The number of benzene rings is 2. The van der Waals surface area contributed by atoms with E-state index in [1.165, 1.54) is 22.4 Å².